The summed E-state index contributed by atoms with van der Waals surface area (Å²) >= 11 is 1.26. The molecule has 0 saturated heterocycles. The first-order chi connectivity index (χ1) is 15.3. The molecule has 1 heterocycles. The lowest BCUT2D eigenvalue weighted by Crippen LogP contribution is -2.31. The molecule has 32 heavy (non-hydrogen) atoms. The van der Waals surface area contributed by atoms with E-state index in [1.54, 1.807) is 0 Å². The van der Waals surface area contributed by atoms with Gasteiger partial charge in [-0.15, -0.1) is 10.2 Å². The van der Waals surface area contributed by atoms with Gasteiger partial charge < -0.3 is 15.9 Å². The molecule has 0 aliphatic heterocycles. The fourth-order valence-electron chi connectivity index (χ4n) is 3.47. The highest BCUT2D eigenvalue weighted by Gasteiger charge is 2.18. The van der Waals surface area contributed by atoms with Crippen LogP contribution >= 0.6 is 11.8 Å². The summed E-state index contributed by atoms with van der Waals surface area (Å²) in [4.78, 5) is 12.6. The zero-order chi connectivity index (χ0) is 23.1. The van der Waals surface area contributed by atoms with Crippen LogP contribution in [0.1, 0.15) is 48.8 Å². The van der Waals surface area contributed by atoms with E-state index in [-0.39, 0.29) is 24.3 Å². The van der Waals surface area contributed by atoms with E-state index in [9.17, 15) is 4.79 Å². The van der Waals surface area contributed by atoms with Crippen LogP contribution in [0.25, 0.3) is 0 Å². The lowest BCUT2D eigenvalue weighted by atomic mass is 9.97. The van der Waals surface area contributed by atoms with Crippen molar-refractivity contribution in [3.05, 3.63) is 71.0 Å². The van der Waals surface area contributed by atoms with Gasteiger partial charge in [-0.05, 0) is 42.9 Å². The van der Waals surface area contributed by atoms with E-state index in [4.69, 9.17) is 10.6 Å². The standard InChI is InChI=1S/C24H31N5O2S/c1-16(2)13-20(19-11-6-5-7-12-19)26-22(30)15-32-24-28-27-21(29(24)25)14-31-23-17(3)9-8-10-18(23)4/h5-12,16,20H,13-15,25H2,1-4H3,(H,26,30). The lowest BCUT2D eigenvalue weighted by molar-refractivity contribution is -0.119. The fraction of sp³-hybridized carbons (Fsp3) is 0.375. The number of ether oxygens (including phenoxy) is 1. The van der Waals surface area contributed by atoms with Crippen molar-refractivity contribution in [1.29, 1.82) is 0 Å². The van der Waals surface area contributed by atoms with Crippen molar-refractivity contribution in [3.8, 4) is 5.75 Å². The summed E-state index contributed by atoms with van der Waals surface area (Å²) in [5, 5.41) is 11.9. The number of benzene rings is 2. The second-order valence-electron chi connectivity index (χ2n) is 8.23. The van der Waals surface area contributed by atoms with Gasteiger partial charge in [0.2, 0.25) is 11.1 Å². The molecule has 1 atom stereocenters. The van der Waals surface area contributed by atoms with Gasteiger partial charge in [0.05, 0.1) is 11.8 Å². The molecule has 0 fully saturated rings. The normalized spacial score (nSPS) is 12.0. The first-order valence-corrected chi connectivity index (χ1v) is 11.7. The Balaban J connectivity index is 1.57. The predicted molar refractivity (Wildman–Crippen MR) is 128 cm³/mol. The average molecular weight is 454 g/mol. The van der Waals surface area contributed by atoms with Crippen LogP contribution < -0.4 is 15.9 Å². The van der Waals surface area contributed by atoms with Crippen molar-refractivity contribution in [2.75, 3.05) is 11.6 Å². The summed E-state index contributed by atoms with van der Waals surface area (Å²) in [6, 6.07) is 16.0. The van der Waals surface area contributed by atoms with Gasteiger partial charge in [-0.2, -0.15) is 0 Å². The van der Waals surface area contributed by atoms with Crippen molar-refractivity contribution in [2.45, 2.75) is 51.9 Å². The number of aromatic nitrogens is 3. The highest BCUT2D eigenvalue weighted by Crippen LogP contribution is 2.24. The number of amides is 1. The number of nitrogens with one attached hydrogen (secondary N) is 1. The second kappa shape index (κ2) is 11.0. The Kier molecular flexibility index (Phi) is 8.16. The zero-order valence-corrected chi connectivity index (χ0v) is 19.9. The van der Waals surface area contributed by atoms with Crippen molar-refractivity contribution in [2.24, 2.45) is 5.92 Å². The van der Waals surface area contributed by atoms with Crippen LogP contribution in [0.15, 0.2) is 53.7 Å². The van der Waals surface area contributed by atoms with Gasteiger partial charge in [0.25, 0.3) is 0 Å². The van der Waals surface area contributed by atoms with Crippen LogP contribution in [0.4, 0.5) is 0 Å². The molecule has 3 aromatic rings. The quantitative estimate of drug-likeness (QED) is 0.353. The molecule has 0 radical (unpaired) electrons. The van der Waals surface area contributed by atoms with Gasteiger partial charge in [0.1, 0.15) is 12.4 Å². The van der Waals surface area contributed by atoms with Gasteiger partial charge in [0.15, 0.2) is 5.82 Å². The van der Waals surface area contributed by atoms with Gasteiger partial charge in [0, 0.05) is 0 Å². The number of carbonyl (C=O) groups excluding carboxylic acids is 1. The van der Waals surface area contributed by atoms with Gasteiger partial charge in [-0.1, -0.05) is 74.1 Å². The predicted octanol–water partition coefficient (Wildman–Crippen LogP) is 4.18. The van der Waals surface area contributed by atoms with E-state index in [2.05, 4.69) is 29.4 Å². The largest absolute Gasteiger partial charge is 0.485 e. The van der Waals surface area contributed by atoms with Gasteiger partial charge >= 0.3 is 0 Å². The first-order valence-electron chi connectivity index (χ1n) is 10.7. The topological polar surface area (TPSA) is 95.1 Å². The number of nitrogens with zero attached hydrogens (tertiary/aromatic N) is 3. The number of nitrogens with two attached hydrogens (primary N) is 1. The maximum Gasteiger partial charge on any atom is 0.230 e. The molecule has 1 amide bonds. The van der Waals surface area contributed by atoms with Gasteiger partial charge in [-0.3, -0.25) is 4.79 Å². The maximum atomic E-state index is 12.6. The number of nitrogen functional groups attached to an aromatic ring is 1. The van der Waals surface area contributed by atoms with Crippen LogP contribution in [0.5, 0.6) is 5.75 Å². The third kappa shape index (κ3) is 6.26. The summed E-state index contributed by atoms with van der Waals surface area (Å²) in [7, 11) is 0. The Morgan fingerprint density at radius 2 is 1.78 bits per heavy atom. The third-order valence-corrected chi connectivity index (χ3v) is 6.01. The highest BCUT2D eigenvalue weighted by atomic mass is 32.2. The van der Waals surface area contributed by atoms with E-state index >= 15 is 0 Å². The minimum atomic E-state index is -0.0687. The van der Waals surface area contributed by atoms with Crippen LogP contribution in [0, 0.1) is 19.8 Å². The minimum absolute atomic E-state index is 0.0265. The van der Waals surface area contributed by atoms with Crippen LogP contribution in [0.2, 0.25) is 0 Å². The molecule has 3 N–H and O–H groups in total. The molecule has 3 rings (SSSR count). The van der Waals surface area contributed by atoms with Crippen LogP contribution in [0.3, 0.4) is 0 Å². The fourth-order valence-corrected chi connectivity index (χ4v) is 4.16. The molecule has 1 unspecified atom stereocenters. The summed E-state index contributed by atoms with van der Waals surface area (Å²) < 4.78 is 7.30. The Hall–Kier alpha value is -3.00. The second-order valence-corrected chi connectivity index (χ2v) is 9.17. The molecule has 0 spiro atoms. The molecular formula is C24H31N5O2S. The van der Waals surface area contributed by atoms with Crippen LogP contribution in [-0.4, -0.2) is 26.5 Å². The SMILES string of the molecule is Cc1cccc(C)c1OCc1nnc(SCC(=O)NC(CC(C)C)c2ccccc2)n1N. The third-order valence-electron chi connectivity index (χ3n) is 5.07. The Labute approximate surface area is 193 Å². The minimum Gasteiger partial charge on any atom is -0.485 e. The molecule has 8 heteroatoms. The van der Waals surface area contributed by atoms with Crippen LogP contribution in [-0.2, 0) is 11.4 Å². The van der Waals surface area contributed by atoms with E-state index in [1.807, 2.05) is 62.4 Å². The molecular weight excluding hydrogens is 422 g/mol. The number of para-hydroxylation sites is 1. The lowest BCUT2D eigenvalue weighted by Gasteiger charge is -2.21. The Bertz CT molecular complexity index is 1020. The molecule has 7 nitrogen and oxygen atoms in total. The molecule has 0 bridgehead atoms. The average Bonchev–Trinajstić information content (AvgIpc) is 3.11. The molecule has 0 aliphatic rings. The summed E-state index contributed by atoms with van der Waals surface area (Å²) in [6.07, 6.45) is 0.868. The van der Waals surface area contributed by atoms with Gasteiger partial charge in [-0.25, -0.2) is 4.68 Å². The Morgan fingerprint density at radius 3 is 2.44 bits per heavy atom. The molecule has 170 valence electrons. The van der Waals surface area contributed by atoms with E-state index < -0.39 is 0 Å². The number of thioether (sulfide) groups is 1. The number of carbonyl (C=O) groups is 1. The summed E-state index contributed by atoms with van der Waals surface area (Å²) in [5.41, 5.74) is 3.20. The molecule has 0 aliphatic carbocycles. The molecule has 0 saturated carbocycles. The Morgan fingerprint density at radius 1 is 1.09 bits per heavy atom. The maximum absolute atomic E-state index is 12.6. The van der Waals surface area contributed by atoms with E-state index in [1.165, 1.54) is 16.4 Å². The van der Waals surface area contributed by atoms with Crippen molar-refractivity contribution in [1.82, 2.24) is 20.2 Å². The summed E-state index contributed by atoms with van der Waals surface area (Å²) in [6.45, 7) is 8.49. The van der Waals surface area contributed by atoms with Crippen molar-refractivity contribution in [3.63, 3.8) is 0 Å². The monoisotopic (exact) mass is 453 g/mol. The molecule has 2 aromatic carbocycles. The van der Waals surface area contributed by atoms with Crippen molar-refractivity contribution < 1.29 is 9.53 Å². The number of hydrogen-bond donors (Lipinski definition) is 2. The number of rotatable bonds is 10. The number of hydrogen-bond acceptors (Lipinski definition) is 6. The summed E-state index contributed by atoms with van der Waals surface area (Å²) in [5.74, 6) is 8.06. The first kappa shape index (κ1) is 23.7. The zero-order valence-electron chi connectivity index (χ0n) is 19.0. The smallest absolute Gasteiger partial charge is 0.230 e. The highest BCUT2D eigenvalue weighted by molar-refractivity contribution is 7.99. The molecule has 1 aromatic heterocycles. The van der Waals surface area contributed by atoms with Crippen molar-refractivity contribution >= 4 is 17.7 Å². The number of aryl methyl sites for hydroxylation is 2. The van der Waals surface area contributed by atoms with E-state index in [0.29, 0.717) is 16.9 Å². The van der Waals surface area contributed by atoms with E-state index in [0.717, 1.165) is 28.9 Å².